The van der Waals surface area contributed by atoms with Gasteiger partial charge in [-0.2, -0.15) is 0 Å². The molecule has 0 spiro atoms. The molecule has 0 saturated carbocycles. The first-order chi connectivity index (χ1) is 8.60. The summed E-state index contributed by atoms with van der Waals surface area (Å²) in [5, 5.41) is 1.89. The van der Waals surface area contributed by atoms with Crippen molar-refractivity contribution in [3.05, 3.63) is 40.5 Å². The van der Waals surface area contributed by atoms with Crippen molar-refractivity contribution in [1.82, 2.24) is 4.98 Å². The summed E-state index contributed by atoms with van der Waals surface area (Å²) >= 11 is 6.34. The lowest BCUT2D eigenvalue weighted by Crippen LogP contribution is -2.18. The molecule has 0 radical (unpaired) electrons. The van der Waals surface area contributed by atoms with Crippen molar-refractivity contribution in [2.75, 3.05) is 0 Å². The van der Waals surface area contributed by atoms with Gasteiger partial charge in [-0.1, -0.05) is 65.3 Å². The predicted octanol–water partition coefficient (Wildman–Crippen LogP) is 5.48. The van der Waals surface area contributed by atoms with Gasteiger partial charge in [-0.05, 0) is 23.1 Å². The molecule has 2 heteroatoms. The van der Waals surface area contributed by atoms with Gasteiger partial charge in [0.05, 0.1) is 10.5 Å². The molecule has 0 amide bonds. The quantitative estimate of drug-likeness (QED) is 0.620. The summed E-state index contributed by atoms with van der Waals surface area (Å²) in [5.41, 5.74) is 3.42. The number of rotatable bonds is 0. The van der Waals surface area contributed by atoms with Gasteiger partial charge in [-0.15, -0.1) is 0 Å². The van der Waals surface area contributed by atoms with E-state index >= 15 is 0 Å². The van der Waals surface area contributed by atoms with Crippen LogP contribution in [0.5, 0.6) is 0 Å². The molecule has 1 aromatic heterocycles. The summed E-state index contributed by atoms with van der Waals surface area (Å²) in [4.78, 5) is 4.79. The molecular weight excluding hydrogens is 254 g/mol. The Morgan fingerprint density at radius 3 is 2.11 bits per heavy atom. The molecule has 0 unspecified atom stereocenters. The lowest BCUT2D eigenvalue weighted by molar-refractivity contribution is 0.558. The van der Waals surface area contributed by atoms with Crippen LogP contribution in [-0.2, 0) is 10.8 Å². The fraction of sp³-hybridized carbons (Fsp3) is 0.471. The van der Waals surface area contributed by atoms with Gasteiger partial charge in [0.2, 0.25) is 0 Å². The van der Waals surface area contributed by atoms with Crippen molar-refractivity contribution in [1.29, 1.82) is 0 Å². The molecular formula is C17H22ClN. The maximum Gasteiger partial charge on any atom is 0.0894 e. The Morgan fingerprint density at radius 2 is 1.58 bits per heavy atom. The second-order valence-corrected chi connectivity index (χ2v) is 7.60. The Balaban J connectivity index is 2.89. The summed E-state index contributed by atoms with van der Waals surface area (Å²) in [6, 6.07) is 8.26. The average molecular weight is 276 g/mol. The molecule has 0 aliphatic carbocycles. The molecule has 19 heavy (non-hydrogen) atoms. The van der Waals surface area contributed by atoms with Gasteiger partial charge in [0.1, 0.15) is 0 Å². The third-order valence-electron chi connectivity index (χ3n) is 3.37. The van der Waals surface area contributed by atoms with Gasteiger partial charge in [0.15, 0.2) is 0 Å². The zero-order valence-corrected chi connectivity index (χ0v) is 13.4. The highest BCUT2D eigenvalue weighted by Crippen LogP contribution is 2.35. The van der Waals surface area contributed by atoms with Crippen molar-refractivity contribution in [2.24, 2.45) is 0 Å². The Morgan fingerprint density at radius 1 is 0.947 bits per heavy atom. The predicted molar refractivity (Wildman–Crippen MR) is 84.2 cm³/mol. The molecule has 0 atom stereocenters. The van der Waals surface area contributed by atoms with Crippen LogP contribution in [0, 0.1) is 0 Å². The van der Waals surface area contributed by atoms with Crippen molar-refractivity contribution in [3.63, 3.8) is 0 Å². The minimum Gasteiger partial charge on any atom is -0.251 e. The van der Waals surface area contributed by atoms with Crippen LogP contribution in [0.4, 0.5) is 0 Å². The van der Waals surface area contributed by atoms with E-state index in [1.807, 2.05) is 12.1 Å². The van der Waals surface area contributed by atoms with E-state index in [4.69, 9.17) is 16.6 Å². The summed E-state index contributed by atoms with van der Waals surface area (Å²) in [6.45, 7) is 13.2. The lowest BCUT2D eigenvalue weighted by Gasteiger charge is -2.26. The smallest absolute Gasteiger partial charge is 0.0894 e. The number of halogens is 1. The molecule has 1 heterocycles. The van der Waals surface area contributed by atoms with Gasteiger partial charge in [0, 0.05) is 16.5 Å². The van der Waals surface area contributed by atoms with E-state index in [-0.39, 0.29) is 10.8 Å². The van der Waals surface area contributed by atoms with E-state index in [2.05, 4.69) is 53.7 Å². The summed E-state index contributed by atoms with van der Waals surface area (Å²) < 4.78 is 0. The van der Waals surface area contributed by atoms with Crippen molar-refractivity contribution in [3.8, 4) is 0 Å². The zero-order valence-electron chi connectivity index (χ0n) is 12.6. The van der Waals surface area contributed by atoms with Crippen LogP contribution in [0.3, 0.4) is 0 Å². The van der Waals surface area contributed by atoms with Crippen molar-refractivity contribution >= 4 is 22.5 Å². The topological polar surface area (TPSA) is 12.9 Å². The Hall–Kier alpha value is -1.08. The summed E-state index contributed by atoms with van der Waals surface area (Å²) in [6.07, 6.45) is 0. The van der Waals surface area contributed by atoms with E-state index in [1.165, 1.54) is 5.56 Å². The molecule has 102 valence electrons. The average Bonchev–Trinajstić information content (AvgIpc) is 2.25. The van der Waals surface area contributed by atoms with Crippen LogP contribution in [0.1, 0.15) is 52.8 Å². The molecule has 0 N–H and O–H groups in total. The van der Waals surface area contributed by atoms with E-state index < -0.39 is 0 Å². The largest absolute Gasteiger partial charge is 0.251 e. The Labute approximate surface area is 121 Å². The van der Waals surface area contributed by atoms with Gasteiger partial charge < -0.3 is 0 Å². The zero-order chi connectivity index (χ0) is 14.4. The molecule has 0 aliphatic rings. The summed E-state index contributed by atoms with van der Waals surface area (Å²) in [7, 11) is 0. The van der Waals surface area contributed by atoms with Crippen LogP contribution in [0.2, 0.25) is 5.02 Å². The number of aromatic nitrogens is 1. The third kappa shape index (κ3) is 2.76. The van der Waals surface area contributed by atoms with Gasteiger partial charge in [0.25, 0.3) is 0 Å². The standard InChI is InChI=1S/C17H22ClN/c1-16(2,3)12-10-14(17(4,5)6)19-15-11(12)8-7-9-13(15)18/h7-10H,1-6H3. The van der Waals surface area contributed by atoms with E-state index in [0.29, 0.717) is 0 Å². The highest BCUT2D eigenvalue weighted by Gasteiger charge is 2.23. The molecule has 0 saturated heterocycles. The molecule has 1 nitrogen and oxygen atoms in total. The third-order valence-corrected chi connectivity index (χ3v) is 3.67. The van der Waals surface area contributed by atoms with Crippen molar-refractivity contribution < 1.29 is 0 Å². The first-order valence-electron chi connectivity index (χ1n) is 6.71. The summed E-state index contributed by atoms with van der Waals surface area (Å²) in [5.74, 6) is 0. The second-order valence-electron chi connectivity index (χ2n) is 7.19. The first-order valence-corrected chi connectivity index (χ1v) is 7.09. The number of pyridine rings is 1. The number of benzene rings is 1. The van der Waals surface area contributed by atoms with E-state index in [1.54, 1.807) is 0 Å². The van der Waals surface area contributed by atoms with Gasteiger partial charge in [-0.3, -0.25) is 4.98 Å². The first kappa shape index (κ1) is 14.3. The normalized spacial score (nSPS) is 13.0. The van der Waals surface area contributed by atoms with Gasteiger partial charge >= 0.3 is 0 Å². The van der Waals surface area contributed by atoms with Crippen LogP contribution in [-0.4, -0.2) is 4.98 Å². The van der Waals surface area contributed by atoms with E-state index in [9.17, 15) is 0 Å². The molecule has 1 aromatic carbocycles. The van der Waals surface area contributed by atoms with Crippen molar-refractivity contribution in [2.45, 2.75) is 52.4 Å². The SMILES string of the molecule is CC(C)(C)c1cc(C(C)(C)C)c2cccc(Cl)c2n1. The maximum atomic E-state index is 6.34. The monoisotopic (exact) mass is 275 g/mol. The number of hydrogen-bond donors (Lipinski definition) is 0. The highest BCUT2D eigenvalue weighted by molar-refractivity contribution is 6.35. The van der Waals surface area contributed by atoms with Gasteiger partial charge in [-0.25, -0.2) is 0 Å². The molecule has 0 bridgehead atoms. The minimum absolute atomic E-state index is 0.0212. The highest BCUT2D eigenvalue weighted by atomic mass is 35.5. The Kier molecular flexibility index (Phi) is 3.38. The van der Waals surface area contributed by atoms with E-state index in [0.717, 1.165) is 21.6 Å². The maximum absolute atomic E-state index is 6.34. The van der Waals surface area contributed by atoms with Crippen LogP contribution in [0.15, 0.2) is 24.3 Å². The molecule has 2 rings (SSSR count). The number of fused-ring (bicyclic) bond motifs is 1. The minimum atomic E-state index is 0.0212. The molecule has 0 aliphatic heterocycles. The molecule has 0 fully saturated rings. The second kappa shape index (κ2) is 4.49. The van der Waals surface area contributed by atoms with Crippen LogP contribution >= 0.6 is 11.6 Å². The fourth-order valence-corrected chi connectivity index (χ4v) is 2.44. The Bertz CT molecular complexity index is 615. The fourth-order valence-electron chi connectivity index (χ4n) is 2.22. The molecule has 2 aromatic rings. The number of nitrogens with zero attached hydrogens (tertiary/aromatic N) is 1. The lowest BCUT2D eigenvalue weighted by atomic mass is 9.81. The number of para-hydroxylation sites is 1. The van der Waals surface area contributed by atoms with Crippen LogP contribution in [0.25, 0.3) is 10.9 Å². The van der Waals surface area contributed by atoms with Crippen LogP contribution < -0.4 is 0 Å². The number of hydrogen-bond acceptors (Lipinski definition) is 1.